The molecular formula is C11H18ClN3O2. The van der Waals surface area contributed by atoms with Crippen LogP contribution in [0.1, 0.15) is 26.7 Å². The molecule has 2 N–H and O–H groups in total. The van der Waals surface area contributed by atoms with Crippen LogP contribution in [-0.2, 0) is 4.74 Å². The summed E-state index contributed by atoms with van der Waals surface area (Å²) in [4.78, 5) is 11.1. The van der Waals surface area contributed by atoms with E-state index in [1.807, 2.05) is 13.8 Å². The Kier molecular flexibility index (Phi) is 6.00. The number of anilines is 1. The second kappa shape index (κ2) is 7.29. The molecule has 5 nitrogen and oxygen atoms in total. The molecule has 17 heavy (non-hydrogen) atoms. The molecule has 1 aromatic rings. The van der Waals surface area contributed by atoms with Crippen molar-refractivity contribution < 1.29 is 4.74 Å². The van der Waals surface area contributed by atoms with Crippen molar-refractivity contribution in [2.75, 3.05) is 18.5 Å². The first kappa shape index (κ1) is 14.0. The lowest BCUT2D eigenvalue weighted by Gasteiger charge is -2.08. The van der Waals surface area contributed by atoms with E-state index in [2.05, 4.69) is 15.5 Å². The fourth-order valence-corrected chi connectivity index (χ4v) is 1.43. The van der Waals surface area contributed by atoms with Crippen molar-refractivity contribution in [3.05, 3.63) is 21.6 Å². The molecule has 96 valence electrons. The molecule has 0 aromatic carbocycles. The average molecular weight is 260 g/mol. The zero-order valence-electron chi connectivity index (χ0n) is 10.1. The number of H-pyrrole nitrogens is 1. The van der Waals surface area contributed by atoms with E-state index < -0.39 is 0 Å². The van der Waals surface area contributed by atoms with Gasteiger partial charge in [0.25, 0.3) is 5.56 Å². The number of hydrogen-bond donors (Lipinski definition) is 2. The summed E-state index contributed by atoms with van der Waals surface area (Å²) in [6, 6.07) is 0. The smallest absolute Gasteiger partial charge is 0.285 e. The van der Waals surface area contributed by atoms with Gasteiger partial charge in [-0.2, -0.15) is 5.10 Å². The van der Waals surface area contributed by atoms with Gasteiger partial charge in [-0.3, -0.25) is 4.79 Å². The monoisotopic (exact) mass is 259 g/mol. The Labute approximate surface area is 106 Å². The highest BCUT2D eigenvalue weighted by atomic mass is 35.5. The summed E-state index contributed by atoms with van der Waals surface area (Å²) in [5.74, 6) is 0. The number of aromatic nitrogens is 2. The van der Waals surface area contributed by atoms with Crippen molar-refractivity contribution in [1.82, 2.24) is 10.2 Å². The molecular weight excluding hydrogens is 242 g/mol. The molecule has 0 atom stereocenters. The van der Waals surface area contributed by atoms with Crippen LogP contribution in [0.3, 0.4) is 0 Å². The Morgan fingerprint density at radius 3 is 3.00 bits per heavy atom. The largest absolute Gasteiger partial charge is 0.382 e. The van der Waals surface area contributed by atoms with Crippen LogP contribution in [0.5, 0.6) is 0 Å². The van der Waals surface area contributed by atoms with Gasteiger partial charge in [-0.1, -0.05) is 11.6 Å². The molecule has 0 saturated carbocycles. The van der Waals surface area contributed by atoms with Gasteiger partial charge < -0.3 is 10.1 Å². The third-order valence-electron chi connectivity index (χ3n) is 2.13. The van der Waals surface area contributed by atoms with Crippen LogP contribution >= 0.6 is 11.6 Å². The van der Waals surface area contributed by atoms with E-state index in [4.69, 9.17) is 16.3 Å². The lowest BCUT2D eigenvalue weighted by Crippen LogP contribution is -2.13. The van der Waals surface area contributed by atoms with Crippen molar-refractivity contribution >= 4 is 17.3 Å². The fourth-order valence-electron chi connectivity index (χ4n) is 1.28. The van der Waals surface area contributed by atoms with Crippen LogP contribution in [0.25, 0.3) is 0 Å². The molecule has 0 unspecified atom stereocenters. The number of aromatic amines is 1. The molecule has 0 bridgehead atoms. The van der Waals surface area contributed by atoms with Crippen LogP contribution < -0.4 is 10.9 Å². The first-order valence-corrected chi connectivity index (χ1v) is 6.07. The second-order valence-electron chi connectivity index (χ2n) is 3.98. The van der Waals surface area contributed by atoms with Crippen LogP contribution in [0.2, 0.25) is 5.02 Å². The van der Waals surface area contributed by atoms with Crippen LogP contribution in [0.15, 0.2) is 11.0 Å². The molecule has 0 fully saturated rings. The molecule has 1 heterocycles. The maximum absolute atomic E-state index is 11.1. The molecule has 0 aliphatic rings. The predicted octanol–water partition coefficient (Wildman–Crippen LogP) is 2.04. The van der Waals surface area contributed by atoms with Gasteiger partial charge in [-0.15, -0.1) is 0 Å². The summed E-state index contributed by atoms with van der Waals surface area (Å²) in [5.41, 5.74) is 0.194. The Bertz CT molecular complexity index is 393. The van der Waals surface area contributed by atoms with E-state index >= 15 is 0 Å². The van der Waals surface area contributed by atoms with E-state index in [1.165, 1.54) is 6.20 Å². The first-order chi connectivity index (χ1) is 8.11. The minimum absolute atomic E-state index is 0.151. The van der Waals surface area contributed by atoms with Gasteiger partial charge in [0.2, 0.25) is 0 Å². The van der Waals surface area contributed by atoms with Crippen LogP contribution in [0.4, 0.5) is 5.69 Å². The topological polar surface area (TPSA) is 67.0 Å². The second-order valence-corrected chi connectivity index (χ2v) is 4.36. The van der Waals surface area contributed by atoms with Gasteiger partial charge in [-0.05, 0) is 26.7 Å². The highest BCUT2D eigenvalue weighted by Crippen LogP contribution is 2.14. The van der Waals surface area contributed by atoms with Crippen molar-refractivity contribution in [3.8, 4) is 0 Å². The van der Waals surface area contributed by atoms with E-state index in [1.54, 1.807) is 0 Å². The van der Waals surface area contributed by atoms with Crippen molar-refractivity contribution in [3.63, 3.8) is 0 Å². The number of nitrogens with zero attached hydrogens (tertiary/aromatic N) is 1. The Balaban J connectivity index is 2.23. The highest BCUT2D eigenvalue weighted by molar-refractivity contribution is 6.32. The van der Waals surface area contributed by atoms with Crippen LogP contribution in [-0.4, -0.2) is 29.5 Å². The van der Waals surface area contributed by atoms with Gasteiger partial charge in [0, 0.05) is 13.2 Å². The summed E-state index contributed by atoms with van der Waals surface area (Å²) in [7, 11) is 0. The number of hydrogen-bond acceptors (Lipinski definition) is 4. The summed E-state index contributed by atoms with van der Waals surface area (Å²) >= 11 is 5.80. The maximum atomic E-state index is 11.1. The summed E-state index contributed by atoms with van der Waals surface area (Å²) in [5, 5.41) is 9.16. The number of rotatable bonds is 7. The van der Waals surface area contributed by atoms with E-state index in [0.29, 0.717) is 5.69 Å². The Hall–Kier alpha value is -1.07. The molecule has 1 aromatic heterocycles. The third kappa shape index (κ3) is 5.19. The molecule has 0 aliphatic heterocycles. The zero-order chi connectivity index (χ0) is 12.7. The van der Waals surface area contributed by atoms with Crippen molar-refractivity contribution in [2.24, 2.45) is 0 Å². The molecule has 0 spiro atoms. The van der Waals surface area contributed by atoms with Gasteiger partial charge in [0.05, 0.1) is 18.0 Å². The number of ether oxygens (including phenoxy) is 1. The average Bonchev–Trinajstić information content (AvgIpc) is 2.28. The maximum Gasteiger partial charge on any atom is 0.285 e. The van der Waals surface area contributed by atoms with Gasteiger partial charge in [0.1, 0.15) is 5.02 Å². The quantitative estimate of drug-likeness (QED) is 0.736. The normalized spacial score (nSPS) is 10.8. The number of nitrogens with one attached hydrogen (secondary N) is 2. The third-order valence-corrected chi connectivity index (χ3v) is 2.51. The van der Waals surface area contributed by atoms with E-state index in [0.717, 1.165) is 26.0 Å². The van der Waals surface area contributed by atoms with Crippen molar-refractivity contribution in [1.29, 1.82) is 0 Å². The summed E-state index contributed by atoms with van der Waals surface area (Å²) in [6.45, 7) is 5.52. The predicted molar refractivity (Wildman–Crippen MR) is 68.7 cm³/mol. The Morgan fingerprint density at radius 2 is 2.29 bits per heavy atom. The lowest BCUT2D eigenvalue weighted by molar-refractivity contribution is 0.0765. The molecule has 6 heteroatoms. The minimum atomic E-state index is -0.375. The SMILES string of the molecule is CC(C)OCCCCNc1cn[nH]c(=O)c1Cl. The van der Waals surface area contributed by atoms with Crippen LogP contribution in [0, 0.1) is 0 Å². The minimum Gasteiger partial charge on any atom is -0.382 e. The van der Waals surface area contributed by atoms with E-state index in [-0.39, 0.29) is 16.7 Å². The lowest BCUT2D eigenvalue weighted by atomic mass is 10.3. The molecule has 0 amide bonds. The zero-order valence-corrected chi connectivity index (χ0v) is 10.9. The summed E-state index contributed by atoms with van der Waals surface area (Å²) < 4.78 is 5.42. The van der Waals surface area contributed by atoms with Gasteiger partial charge in [0.15, 0.2) is 0 Å². The summed E-state index contributed by atoms with van der Waals surface area (Å²) in [6.07, 6.45) is 3.71. The van der Waals surface area contributed by atoms with Gasteiger partial charge in [-0.25, -0.2) is 5.10 Å². The highest BCUT2D eigenvalue weighted by Gasteiger charge is 2.03. The first-order valence-electron chi connectivity index (χ1n) is 5.70. The molecule has 0 radical (unpaired) electrons. The van der Waals surface area contributed by atoms with Gasteiger partial charge >= 0.3 is 0 Å². The van der Waals surface area contributed by atoms with Crippen molar-refractivity contribution in [2.45, 2.75) is 32.8 Å². The molecule has 0 saturated heterocycles. The molecule has 0 aliphatic carbocycles. The fraction of sp³-hybridized carbons (Fsp3) is 0.636. The molecule has 1 rings (SSSR count). The van der Waals surface area contributed by atoms with E-state index in [9.17, 15) is 4.79 Å². The number of unbranched alkanes of at least 4 members (excludes halogenated alkanes) is 1. The number of halogens is 1. The Morgan fingerprint density at radius 1 is 1.53 bits per heavy atom. The standard InChI is InChI=1S/C11H18ClN3O2/c1-8(2)17-6-4-3-5-13-9-7-14-15-11(16)10(9)12/h7-8H,3-6H2,1-2H3,(H2,13,15,16).